The van der Waals surface area contributed by atoms with Crippen LogP contribution in [0.25, 0.3) is 0 Å². The quantitative estimate of drug-likeness (QED) is 0.608. The molecule has 5 heteroatoms. The van der Waals surface area contributed by atoms with Crippen LogP contribution in [0, 0.1) is 6.92 Å². The molecule has 140 valence electrons. The van der Waals surface area contributed by atoms with Crippen LogP contribution in [0.1, 0.15) is 31.4 Å². The number of likely N-dealkylation sites (tertiary alicyclic amines) is 1. The minimum atomic E-state index is 0.648. The first-order valence-corrected chi connectivity index (χ1v) is 9.46. The minimum Gasteiger partial charge on any atom is -0.496 e. The Morgan fingerprint density at radius 3 is 2.76 bits per heavy atom. The van der Waals surface area contributed by atoms with Gasteiger partial charge in [-0.15, -0.1) is 0 Å². The van der Waals surface area contributed by atoms with Crippen molar-refractivity contribution in [1.29, 1.82) is 0 Å². The molecule has 0 radical (unpaired) electrons. The molecule has 0 spiro atoms. The van der Waals surface area contributed by atoms with E-state index >= 15 is 0 Å². The van der Waals surface area contributed by atoms with E-state index in [1.807, 2.05) is 7.05 Å². The van der Waals surface area contributed by atoms with Crippen molar-refractivity contribution < 1.29 is 4.74 Å². The summed E-state index contributed by atoms with van der Waals surface area (Å²) in [5, 5.41) is 3.52. The Hall–Kier alpha value is -1.75. The van der Waals surface area contributed by atoms with Crippen LogP contribution in [-0.2, 0) is 6.42 Å². The molecule has 1 aromatic carbocycles. The summed E-state index contributed by atoms with van der Waals surface area (Å²) in [6, 6.07) is 7.08. The zero-order chi connectivity index (χ0) is 18.2. The Morgan fingerprint density at radius 2 is 2.12 bits per heavy atom. The first kappa shape index (κ1) is 19.6. The Bertz CT molecular complexity index is 569. The molecule has 1 aliphatic rings. The maximum atomic E-state index is 5.41. The number of nitrogens with zero attached hydrogens (tertiary/aromatic N) is 3. The Morgan fingerprint density at radius 1 is 1.36 bits per heavy atom. The van der Waals surface area contributed by atoms with Gasteiger partial charge in [0, 0.05) is 32.7 Å². The fraction of sp³-hybridized carbons (Fsp3) is 0.650. The predicted octanol–water partition coefficient (Wildman–Crippen LogP) is 2.54. The topological polar surface area (TPSA) is 40.1 Å². The molecule has 0 aliphatic carbocycles. The molecule has 1 fully saturated rings. The third-order valence-corrected chi connectivity index (χ3v) is 5.17. The van der Waals surface area contributed by atoms with Crippen molar-refractivity contribution in [3.63, 3.8) is 0 Å². The van der Waals surface area contributed by atoms with Crippen LogP contribution in [0.3, 0.4) is 0 Å². The monoisotopic (exact) mass is 346 g/mol. The van der Waals surface area contributed by atoms with E-state index in [0.29, 0.717) is 6.04 Å². The number of guanidine groups is 1. The molecule has 0 amide bonds. The number of nitrogens with one attached hydrogen (secondary N) is 1. The summed E-state index contributed by atoms with van der Waals surface area (Å²) >= 11 is 0. The van der Waals surface area contributed by atoms with E-state index in [1.165, 1.54) is 17.5 Å². The van der Waals surface area contributed by atoms with Gasteiger partial charge in [0.15, 0.2) is 5.96 Å². The van der Waals surface area contributed by atoms with Crippen LogP contribution >= 0.6 is 0 Å². The van der Waals surface area contributed by atoms with Gasteiger partial charge >= 0.3 is 0 Å². The molecule has 25 heavy (non-hydrogen) atoms. The third kappa shape index (κ3) is 5.11. The van der Waals surface area contributed by atoms with Crippen molar-refractivity contribution in [2.75, 3.05) is 46.9 Å². The number of hydrogen-bond donors (Lipinski definition) is 1. The zero-order valence-electron chi connectivity index (χ0n) is 16.5. The lowest BCUT2D eigenvalue weighted by Gasteiger charge is -2.27. The summed E-state index contributed by atoms with van der Waals surface area (Å²) in [4.78, 5) is 9.42. The predicted molar refractivity (Wildman–Crippen MR) is 106 cm³/mol. The fourth-order valence-corrected chi connectivity index (χ4v) is 3.64. The number of likely N-dealkylation sites (N-methyl/N-ethyl adjacent to an activating group) is 1. The van der Waals surface area contributed by atoms with E-state index in [1.54, 1.807) is 7.11 Å². The number of benzene rings is 1. The first-order chi connectivity index (χ1) is 12.1. The smallest absolute Gasteiger partial charge is 0.193 e. The van der Waals surface area contributed by atoms with Gasteiger partial charge in [0.05, 0.1) is 7.11 Å². The van der Waals surface area contributed by atoms with Crippen LogP contribution in [0.15, 0.2) is 23.2 Å². The largest absolute Gasteiger partial charge is 0.496 e. The first-order valence-electron chi connectivity index (χ1n) is 9.46. The lowest BCUT2D eigenvalue weighted by Crippen LogP contribution is -2.43. The number of ether oxygens (including phenoxy) is 1. The van der Waals surface area contributed by atoms with Crippen molar-refractivity contribution in [3.05, 3.63) is 29.3 Å². The van der Waals surface area contributed by atoms with Crippen LogP contribution in [0.4, 0.5) is 0 Å². The van der Waals surface area contributed by atoms with Gasteiger partial charge in [-0.3, -0.25) is 9.89 Å². The van der Waals surface area contributed by atoms with Crippen LogP contribution < -0.4 is 10.1 Å². The van der Waals surface area contributed by atoms with E-state index in [-0.39, 0.29) is 0 Å². The van der Waals surface area contributed by atoms with E-state index in [0.717, 1.165) is 50.9 Å². The van der Waals surface area contributed by atoms with Gasteiger partial charge in [0.1, 0.15) is 5.75 Å². The van der Waals surface area contributed by atoms with E-state index in [2.05, 4.69) is 59.1 Å². The molecule has 5 nitrogen and oxygen atoms in total. The van der Waals surface area contributed by atoms with Gasteiger partial charge in [-0.2, -0.15) is 0 Å². The second-order valence-corrected chi connectivity index (χ2v) is 6.64. The molecule has 1 saturated heterocycles. The summed E-state index contributed by atoms with van der Waals surface area (Å²) in [7, 11) is 3.61. The van der Waals surface area contributed by atoms with E-state index in [4.69, 9.17) is 4.74 Å². The average Bonchev–Trinajstić information content (AvgIpc) is 3.10. The standard InChI is InChI=1S/C20H34N4O/c1-6-23(7-2)18-11-13-24(15-18)20(21-4)22-12-10-17-9-8-16(3)19(14-17)25-5/h8-9,14,18H,6-7,10-13,15H2,1-5H3,(H,21,22). The average molecular weight is 347 g/mol. The molecule has 0 bridgehead atoms. The number of methoxy groups -OCH3 is 1. The second kappa shape index (κ2) is 9.66. The molecule has 1 aliphatic heterocycles. The van der Waals surface area contributed by atoms with E-state index in [9.17, 15) is 0 Å². The maximum Gasteiger partial charge on any atom is 0.193 e. The van der Waals surface area contributed by atoms with Crippen LogP contribution in [0.5, 0.6) is 5.75 Å². The lowest BCUT2D eigenvalue weighted by molar-refractivity contribution is 0.223. The zero-order valence-corrected chi connectivity index (χ0v) is 16.5. The number of aryl methyl sites for hydroxylation is 1. The van der Waals surface area contributed by atoms with Crippen molar-refractivity contribution >= 4 is 5.96 Å². The highest BCUT2D eigenvalue weighted by atomic mass is 16.5. The summed E-state index contributed by atoms with van der Waals surface area (Å²) in [6.45, 7) is 11.8. The summed E-state index contributed by atoms with van der Waals surface area (Å²) in [5.74, 6) is 1.98. The molecular formula is C20H34N4O. The number of hydrogen-bond acceptors (Lipinski definition) is 3. The van der Waals surface area contributed by atoms with Gasteiger partial charge in [0.25, 0.3) is 0 Å². The third-order valence-electron chi connectivity index (χ3n) is 5.17. The molecule has 1 N–H and O–H groups in total. The molecule has 1 aromatic rings. The van der Waals surface area contributed by atoms with Gasteiger partial charge in [-0.25, -0.2) is 0 Å². The number of rotatable bonds is 7. The highest BCUT2D eigenvalue weighted by Crippen LogP contribution is 2.19. The molecule has 1 heterocycles. The lowest BCUT2D eigenvalue weighted by atomic mass is 10.1. The molecular weight excluding hydrogens is 312 g/mol. The summed E-state index contributed by atoms with van der Waals surface area (Å²) in [5.41, 5.74) is 2.46. The van der Waals surface area contributed by atoms with Crippen molar-refractivity contribution in [1.82, 2.24) is 15.1 Å². The number of aliphatic imine (C=N–C) groups is 1. The van der Waals surface area contributed by atoms with Gasteiger partial charge in [0.2, 0.25) is 0 Å². The summed E-state index contributed by atoms with van der Waals surface area (Å²) < 4.78 is 5.41. The van der Waals surface area contributed by atoms with Gasteiger partial charge in [-0.1, -0.05) is 26.0 Å². The normalized spacial score (nSPS) is 18.1. The molecule has 0 saturated carbocycles. The molecule has 1 unspecified atom stereocenters. The van der Waals surface area contributed by atoms with Gasteiger partial charge < -0.3 is 15.0 Å². The highest BCUT2D eigenvalue weighted by molar-refractivity contribution is 5.80. The van der Waals surface area contributed by atoms with Crippen molar-refractivity contribution in [2.45, 2.75) is 39.7 Å². The minimum absolute atomic E-state index is 0.648. The Labute approximate surface area is 153 Å². The molecule has 0 aromatic heterocycles. The second-order valence-electron chi connectivity index (χ2n) is 6.64. The molecule has 1 atom stereocenters. The maximum absolute atomic E-state index is 5.41. The van der Waals surface area contributed by atoms with Crippen LogP contribution in [-0.4, -0.2) is 68.7 Å². The summed E-state index contributed by atoms with van der Waals surface area (Å²) in [6.07, 6.45) is 2.18. The molecule has 2 rings (SSSR count). The van der Waals surface area contributed by atoms with E-state index < -0.39 is 0 Å². The Balaban J connectivity index is 1.85. The fourth-order valence-electron chi connectivity index (χ4n) is 3.64. The Kier molecular flexibility index (Phi) is 7.56. The highest BCUT2D eigenvalue weighted by Gasteiger charge is 2.27. The van der Waals surface area contributed by atoms with Crippen molar-refractivity contribution in [3.8, 4) is 5.75 Å². The van der Waals surface area contributed by atoms with Crippen molar-refractivity contribution in [2.24, 2.45) is 4.99 Å². The SMILES string of the molecule is CCN(CC)C1CCN(C(=NC)NCCc2ccc(C)c(OC)c2)C1. The van der Waals surface area contributed by atoms with Crippen LogP contribution in [0.2, 0.25) is 0 Å². The van der Waals surface area contributed by atoms with Gasteiger partial charge in [-0.05, 0) is 50.0 Å².